The van der Waals surface area contributed by atoms with E-state index < -0.39 is 5.82 Å². The van der Waals surface area contributed by atoms with Crippen molar-refractivity contribution >= 4 is 0 Å². The molecule has 0 amide bonds. The minimum Gasteiger partial charge on any atom is -0.487 e. The number of halogens is 2. The molecule has 0 aliphatic rings. The largest absolute Gasteiger partial charge is 0.487 e. The predicted molar refractivity (Wildman–Crippen MR) is 75.7 cm³/mol. The van der Waals surface area contributed by atoms with Crippen molar-refractivity contribution in [1.29, 1.82) is 0 Å². The molecule has 108 valence electrons. The smallest absolute Gasteiger partial charge is 0.135 e. The average Bonchev–Trinajstić information content (AvgIpc) is 2.48. The van der Waals surface area contributed by atoms with Crippen LogP contribution >= 0.6 is 0 Å². The summed E-state index contributed by atoms with van der Waals surface area (Å²) in [6.07, 6.45) is 0.295. The molecule has 0 radical (unpaired) electrons. The lowest BCUT2D eigenvalue weighted by atomic mass is 10.2. The number of aliphatic hydroxyl groups is 1. The Morgan fingerprint density at radius 1 is 1.10 bits per heavy atom. The van der Waals surface area contributed by atoms with Gasteiger partial charge in [-0.3, -0.25) is 0 Å². The zero-order valence-corrected chi connectivity index (χ0v) is 11.3. The molecule has 0 aliphatic heterocycles. The van der Waals surface area contributed by atoms with E-state index in [1.807, 2.05) is 0 Å². The lowest BCUT2D eigenvalue weighted by Crippen LogP contribution is -2.00. The highest BCUT2D eigenvalue weighted by Crippen LogP contribution is 2.20. The maximum atomic E-state index is 13.5. The number of rotatable bonds is 4. The molecular formula is C17H14F2O2. The Hall–Kier alpha value is -2.38. The van der Waals surface area contributed by atoms with Gasteiger partial charge in [0, 0.05) is 12.0 Å². The van der Waals surface area contributed by atoms with Crippen molar-refractivity contribution in [2.45, 2.75) is 13.0 Å². The van der Waals surface area contributed by atoms with Gasteiger partial charge in [-0.2, -0.15) is 0 Å². The first kappa shape index (κ1) is 15.0. The first-order chi connectivity index (χ1) is 10.2. The normalized spacial score (nSPS) is 9.86. The first-order valence-corrected chi connectivity index (χ1v) is 6.46. The quantitative estimate of drug-likeness (QED) is 0.875. The lowest BCUT2D eigenvalue weighted by Gasteiger charge is -2.09. The average molecular weight is 288 g/mol. The highest BCUT2D eigenvalue weighted by Gasteiger charge is 2.06. The van der Waals surface area contributed by atoms with Gasteiger partial charge in [-0.05, 0) is 24.3 Å². The molecule has 0 saturated heterocycles. The molecule has 0 atom stereocenters. The van der Waals surface area contributed by atoms with Crippen LogP contribution < -0.4 is 4.74 Å². The van der Waals surface area contributed by atoms with Gasteiger partial charge < -0.3 is 9.84 Å². The Morgan fingerprint density at radius 2 is 1.90 bits per heavy atom. The number of hydrogen-bond donors (Lipinski definition) is 1. The van der Waals surface area contributed by atoms with E-state index in [1.165, 1.54) is 24.3 Å². The van der Waals surface area contributed by atoms with Gasteiger partial charge in [0.15, 0.2) is 0 Å². The molecule has 4 heteroatoms. The third-order valence-electron chi connectivity index (χ3n) is 2.74. The molecule has 1 N–H and O–H groups in total. The summed E-state index contributed by atoms with van der Waals surface area (Å²) in [7, 11) is 0. The Morgan fingerprint density at radius 3 is 2.67 bits per heavy atom. The molecule has 2 aromatic rings. The summed E-state index contributed by atoms with van der Waals surface area (Å²) in [6, 6.07) is 10.3. The van der Waals surface area contributed by atoms with Crippen molar-refractivity contribution in [3.63, 3.8) is 0 Å². The summed E-state index contributed by atoms with van der Waals surface area (Å²) >= 11 is 0. The summed E-state index contributed by atoms with van der Waals surface area (Å²) in [5.74, 6) is 5.04. The van der Waals surface area contributed by atoms with Crippen LogP contribution in [0.2, 0.25) is 0 Å². The molecule has 0 spiro atoms. The van der Waals surface area contributed by atoms with E-state index in [4.69, 9.17) is 9.84 Å². The Labute approximate surface area is 122 Å². The monoisotopic (exact) mass is 288 g/mol. The molecule has 0 bridgehead atoms. The number of aliphatic hydroxyl groups excluding tert-OH is 1. The second-order valence-corrected chi connectivity index (χ2v) is 4.30. The minimum atomic E-state index is -0.429. The van der Waals surface area contributed by atoms with E-state index in [-0.39, 0.29) is 19.0 Å². The van der Waals surface area contributed by atoms with Gasteiger partial charge in [0.2, 0.25) is 0 Å². The fourth-order valence-corrected chi connectivity index (χ4v) is 1.71. The number of ether oxygens (including phenoxy) is 1. The standard InChI is InChI=1S/C17H14F2O2/c18-15-8-9-17(13(11-15)5-3-4-10-20)21-12-14-6-1-2-7-16(14)19/h1-2,6-9,11,20H,4,10,12H2. The SMILES string of the molecule is OCCC#Cc1cc(F)ccc1OCc1ccccc1F. The summed E-state index contributed by atoms with van der Waals surface area (Å²) in [4.78, 5) is 0. The minimum absolute atomic E-state index is 0.0347. The maximum absolute atomic E-state index is 13.5. The van der Waals surface area contributed by atoms with Gasteiger partial charge in [-0.1, -0.05) is 30.0 Å². The van der Waals surface area contributed by atoms with Crippen LogP contribution in [0, 0.1) is 23.5 Å². The third kappa shape index (κ3) is 4.30. The molecule has 0 fully saturated rings. The van der Waals surface area contributed by atoms with Gasteiger partial charge >= 0.3 is 0 Å². The summed E-state index contributed by atoms with van der Waals surface area (Å²) in [5, 5.41) is 8.70. The van der Waals surface area contributed by atoms with Crippen LogP contribution in [0.15, 0.2) is 42.5 Å². The summed E-state index contributed by atoms with van der Waals surface area (Å²) in [5.41, 5.74) is 0.788. The highest BCUT2D eigenvalue weighted by atomic mass is 19.1. The molecule has 21 heavy (non-hydrogen) atoms. The van der Waals surface area contributed by atoms with E-state index in [0.717, 1.165) is 0 Å². The summed E-state index contributed by atoms with van der Waals surface area (Å²) in [6.45, 7) is -0.0271. The van der Waals surface area contributed by atoms with Crippen molar-refractivity contribution in [3.8, 4) is 17.6 Å². The van der Waals surface area contributed by atoms with Crippen LogP contribution in [-0.2, 0) is 6.61 Å². The van der Waals surface area contributed by atoms with Gasteiger partial charge in [-0.25, -0.2) is 8.78 Å². The van der Waals surface area contributed by atoms with E-state index >= 15 is 0 Å². The Bertz CT molecular complexity index is 672. The fraction of sp³-hybridized carbons (Fsp3) is 0.176. The predicted octanol–water partition coefficient (Wildman–Crippen LogP) is 3.28. The molecule has 2 rings (SSSR count). The molecule has 0 heterocycles. The molecule has 2 nitrogen and oxygen atoms in total. The van der Waals surface area contributed by atoms with Gasteiger partial charge in [0.25, 0.3) is 0 Å². The van der Waals surface area contributed by atoms with E-state index in [1.54, 1.807) is 18.2 Å². The fourth-order valence-electron chi connectivity index (χ4n) is 1.71. The van der Waals surface area contributed by atoms with E-state index in [9.17, 15) is 8.78 Å². The van der Waals surface area contributed by atoms with Crippen LogP contribution in [-0.4, -0.2) is 11.7 Å². The van der Waals surface area contributed by atoms with Crippen LogP contribution in [0.4, 0.5) is 8.78 Å². The maximum Gasteiger partial charge on any atom is 0.135 e. The van der Waals surface area contributed by atoms with Crippen molar-refractivity contribution in [2.75, 3.05) is 6.61 Å². The van der Waals surface area contributed by atoms with E-state index in [0.29, 0.717) is 23.3 Å². The van der Waals surface area contributed by atoms with Crippen LogP contribution in [0.25, 0.3) is 0 Å². The Balaban J connectivity index is 2.16. The third-order valence-corrected chi connectivity index (χ3v) is 2.74. The Kier molecular flexibility index (Phi) is 5.30. The zero-order valence-electron chi connectivity index (χ0n) is 11.3. The molecule has 0 saturated carbocycles. The first-order valence-electron chi connectivity index (χ1n) is 6.46. The highest BCUT2D eigenvalue weighted by molar-refractivity contribution is 5.46. The number of benzene rings is 2. The molecule has 2 aromatic carbocycles. The van der Waals surface area contributed by atoms with Crippen LogP contribution in [0.5, 0.6) is 5.75 Å². The van der Waals surface area contributed by atoms with Crippen molar-refractivity contribution in [3.05, 3.63) is 65.2 Å². The second kappa shape index (κ2) is 7.41. The van der Waals surface area contributed by atoms with Crippen molar-refractivity contribution < 1.29 is 18.6 Å². The lowest BCUT2D eigenvalue weighted by molar-refractivity contribution is 0.298. The zero-order chi connectivity index (χ0) is 15.1. The van der Waals surface area contributed by atoms with Gasteiger partial charge in [0.05, 0.1) is 12.2 Å². The van der Waals surface area contributed by atoms with Crippen molar-refractivity contribution in [1.82, 2.24) is 0 Å². The van der Waals surface area contributed by atoms with Crippen molar-refractivity contribution in [2.24, 2.45) is 0 Å². The van der Waals surface area contributed by atoms with Gasteiger partial charge in [-0.15, -0.1) is 0 Å². The molecule has 0 aromatic heterocycles. The molecule has 0 aliphatic carbocycles. The molecular weight excluding hydrogens is 274 g/mol. The van der Waals surface area contributed by atoms with Crippen LogP contribution in [0.1, 0.15) is 17.5 Å². The number of hydrogen-bond acceptors (Lipinski definition) is 2. The topological polar surface area (TPSA) is 29.5 Å². The van der Waals surface area contributed by atoms with Gasteiger partial charge in [0.1, 0.15) is 24.0 Å². The summed E-state index contributed by atoms with van der Waals surface area (Å²) < 4.78 is 32.3. The van der Waals surface area contributed by atoms with Crippen LogP contribution in [0.3, 0.4) is 0 Å². The molecule has 0 unspecified atom stereocenters. The second-order valence-electron chi connectivity index (χ2n) is 4.30. The van der Waals surface area contributed by atoms with E-state index in [2.05, 4.69) is 11.8 Å².